The quantitative estimate of drug-likeness (QED) is 0.715. The highest BCUT2D eigenvalue weighted by Gasteiger charge is 2.07. The Morgan fingerprint density at radius 2 is 1.94 bits per heavy atom. The van der Waals surface area contributed by atoms with E-state index in [1.165, 1.54) is 0 Å². The number of pyridine rings is 1. The maximum atomic E-state index is 6.17. The van der Waals surface area contributed by atoms with E-state index in [1.807, 2.05) is 42.6 Å². The lowest BCUT2D eigenvalue weighted by Gasteiger charge is -2.09. The molecule has 0 fully saturated rings. The zero-order chi connectivity index (χ0) is 11.7. The number of hydrogen-bond acceptors (Lipinski definition) is 2. The average Bonchev–Trinajstić information content (AvgIpc) is 2.83. The molecule has 3 aromatic rings. The molecule has 17 heavy (non-hydrogen) atoms. The first-order chi connectivity index (χ1) is 8.34. The number of aromatic amines is 1. The fourth-order valence-electron chi connectivity index (χ4n) is 1.78. The van der Waals surface area contributed by atoms with Crippen molar-refractivity contribution in [2.24, 2.45) is 0 Å². The normalized spacial score (nSPS) is 10.6. The first-order valence-corrected chi connectivity index (χ1v) is 5.66. The van der Waals surface area contributed by atoms with Gasteiger partial charge in [-0.25, -0.2) is 4.98 Å². The van der Waals surface area contributed by atoms with Crippen molar-refractivity contribution in [1.82, 2.24) is 9.97 Å². The fourth-order valence-corrected chi connectivity index (χ4v) is 1.97. The van der Waals surface area contributed by atoms with Gasteiger partial charge in [0.15, 0.2) is 0 Å². The topological polar surface area (TPSA) is 40.7 Å². The summed E-state index contributed by atoms with van der Waals surface area (Å²) in [7, 11) is 0. The van der Waals surface area contributed by atoms with Crippen LogP contribution < -0.4 is 5.32 Å². The molecule has 3 rings (SSSR count). The lowest BCUT2D eigenvalue weighted by atomic mass is 10.2. The molecule has 0 aliphatic heterocycles. The second kappa shape index (κ2) is 4.11. The van der Waals surface area contributed by atoms with Crippen molar-refractivity contribution in [3.63, 3.8) is 0 Å². The number of hydrogen-bond donors (Lipinski definition) is 2. The molecule has 2 heterocycles. The molecule has 2 N–H and O–H groups in total. The monoisotopic (exact) mass is 243 g/mol. The third-order valence-corrected chi connectivity index (χ3v) is 2.87. The molecule has 0 amide bonds. The molecule has 84 valence electrons. The van der Waals surface area contributed by atoms with E-state index in [9.17, 15) is 0 Å². The molecule has 0 aliphatic carbocycles. The predicted molar refractivity (Wildman–Crippen MR) is 70.8 cm³/mol. The molecular weight excluding hydrogens is 234 g/mol. The number of aromatic nitrogens is 2. The van der Waals surface area contributed by atoms with Crippen LogP contribution in [0.25, 0.3) is 11.0 Å². The Balaban J connectivity index is 2.10. The SMILES string of the molecule is Clc1cnc2[nH]ccc2c1Nc1ccccc1. The van der Waals surface area contributed by atoms with Crippen LogP contribution in [0.5, 0.6) is 0 Å². The van der Waals surface area contributed by atoms with E-state index in [4.69, 9.17) is 11.6 Å². The zero-order valence-electron chi connectivity index (χ0n) is 8.94. The van der Waals surface area contributed by atoms with Gasteiger partial charge in [-0.3, -0.25) is 0 Å². The van der Waals surface area contributed by atoms with Crippen molar-refractivity contribution in [3.8, 4) is 0 Å². The zero-order valence-corrected chi connectivity index (χ0v) is 9.70. The van der Waals surface area contributed by atoms with E-state index in [0.29, 0.717) is 5.02 Å². The van der Waals surface area contributed by atoms with Crippen molar-refractivity contribution in [2.75, 3.05) is 5.32 Å². The van der Waals surface area contributed by atoms with Crippen molar-refractivity contribution >= 4 is 34.0 Å². The van der Waals surface area contributed by atoms with Crippen LogP contribution in [-0.4, -0.2) is 9.97 Å². The molecule has 0 unspecified atom stereocenters. The van der Waals surface area contributed by atoms with Gasteiger partial charge in [-0.2, -0.15) is 0 Å². The summed E-state index contributed by atoms with van der Waals surface area (Å²) in [5.74, 6) is 0. The predicted octanol–water partition coefficient (Wildman–Crippen LogP) is 3.96. The Kier molecular flexibility index (Phi) is 2.46. The molecule has 2 aromatic heterocycles. The van der Waals surface area contributed by atoms with Crippen LogP contribution in [0.1, 0.15) is 0 Å². The number of benzene rings is 1. The molecule has 0 aliphatic rings. The first kappa shape index (κ1) is 10.2. The van der Waals surface area contributed by atoms with E-state index in [2.05, 4.69) is 15.3 Å². The van der Waals surface area contributed by atoms with E-state index in [1.54, 1.807) is 6.20 Å². The molecular formula is C13H10ClN3. The molecule has 0 bridgehead atoms. The molecule has 0 atom stereocenters. The van der Waals surface area contributed by atoms with Crippen LogP contribution in [0.15, 0.2) is 48.8 Å². The summed E-state index contributed by atoms with van der Waals surface area (Å²) in [6.07, 6.45) is 3.50. The summed E-state index contributed by atoms with van der Waals surface area (Å²) in [6, 6.07) is 11.9. The molecule has 0 saturated carbocycles. The number of nitrogens with zero attached hydrogens (tertiary/aromatic N) is 1. The standard InChI is InChI=1S/C13H10ClN3/c14-11-8-16-13-10(6-7-15-13)12(11)17-9-4-2-1-3-5-9/h1-8H,(H2,15,16,17). The number of anilines is 2. The maximum Gasteiger partial charge on any atom is 0.139 e. The number of halogens is 1. The van der Waals surface area contributed by atoms with Gasteiger partial charge in [-0.1, -0.05) is 29.8 Å². The third-order valence-electron chi connectivity index (χ3n) is 2.58. The molecule has 3 nitrogen and oxygen atoms in total. The molecule has 1 aromatic carbocycles. The summed E-state index contributed by atoms with van der Waals surface area (Å²) < 4.78 is 0. The minimum Gasteiger partial charge on any atom is -0.354 e. The van der Waals surface area contributed by atoms with Crippen LogP contribution in [0.4, 0.5) is 11.4 Å². The minimum absolute atomic E-state index is 0.612. The number of rotatable bonds is 2. The van der Waals surface area contributed by atoms with Crippen molar-refractivity contribution in [1.29, 1.82) is 0 Å². The number of fused-ring (bicyclic) bond motifs is 1. The molecule has 4 heteroatoms. The van der Waals surface area contributed by atoms with Gasteiger partial charge < -0.3 is 10.3 Å². The maximum absolute atomic E-state index is 6.17. The van der Waals surface area contributed by atoms with Crippen molar-refractivity contribution < 1.29 is 0 Å². The van der Waals surface area contributed by atoms with Gasteiger partial charge in [-0.15, -0.1) is 0 Å². The molecule has 0 radical (unpaired) electrons. The lowest BCUT2D eigenvalue weighted by molar-refractivity contribution is 1.32. The Morgan fingerprint density at radius 1 is 1.12 bits per heavy atom. The minimum atomic E-state index is 0.612. The summed E-state index contributed by atoms with van der Waals surface area (Å²) >= 11 is 6.17. The fraction of sp³-hybridized carbons (Fsp3) is 0. The summed E-state index contributed by atoms with van der Waals surface area (Å²) in [5.41, 5.74) is 2.71. The second-order valence-electron chi connectivity index (χ2n) is 3.71. The average molecular weight is 244 g/mol. The Bertz CT molecular complexity index is 646. The van der Waals surface area contributed by atoms with Gasteiger partial charge in [0.2, 0.25) is 0 Å². The summed E-state index contributed by atoms with van der Waals surface area (Å²) in [6.45, 7) is 0. The van der Waals surface area contributed by atoms with E-state index in [-0.39, 0.29) is 0 Å². The van der Waals surface area contributed by atoms with Crippen LogP contribution in [-0.2, 0) is 0 Å². The highest BCUT2D eigenvalue weighted by molar-refractivity contribution is 6.34. The first-order valence-electron chi connectivity index (χ1n) is 5.28. The van der Waals surface area contributed by atoms with Crippen LogP contribution in [0, 0.1) is 0 Å². The Labute approximate surface area is 103 Å². The van der Waals surface area contributed by atoms with Crippen LogP contribution in [0.3, 0.4) is 0 Å². The Morgan fingerprint density at radius 3 is 2.76 bits per heavy atom. The van der Waals surface area contributed by atoms with Gasteiger partial charge in [0.25, 0.3) is 0 Å². The van der Waals surface area contributed by atoms with Gasteiger partial charge in [0, 0.05) is 17.3 Å². The van der Waals surface area contributed by atoms with E-state index >= 15 is 0 Å². The van der Waals surface area contributed by atoms with Crippen molar-refractivity contribution in [2.45, 2.75) is 0 Å². The summed E-state index contributed by atoms with van der Waals surface area (Å²) in [4.78, 5) is 7.28. The van der Waals surface area contributed by atoms with Crippen LogP contribution in [0.2, 0.25) is 5.02 Å². The largest absolute Gasteiger partial charge is 0.354 e. The van der Waals surface area contributed by atoms with Gasteiger partial charge >= 0.3 is 0 Å². The van der Waals surface area contributed by atoms with Gasteiger partial charge in [-0.05, 0) is 18.2 Å². The number of para-hydroxylation sites is 1. The van der Waals surface area contributed by atoms with Gasteiger partial charge in [0.05, 0.1) is 16.9 Å². The molecule has 0 spiro atoms. The smallest absolute Gasteiger partial charge is 0.139 e. The molecule has 0 saturated heterocycles. The summed E-state index contributed by atoms with van der Waals surface area (Å²) in [5, 5.41) is 4.91. The highest BCUT2D eigenvalue weighted by atomic mass is 35.5. The third kappa shape index (κ3) is 1.85. The van der Waals surface area contributed by atoms with E-state index in [0.717, 1.165) is 22.4 Å². The highest BCUT2D eigenvalue weighted by Crippen LogP contribution is 2.31. The van der Waals surface area contributed by atoms with Crippen molar-refractivity contribution in [3.05, 3.63) is 53.8 Å². The lowest BCUT2D eigenvalue weighted by Crippen LogP contribution is -1.92. The second-order valence-corrected chi connectivity index (χ2v) is 4.12. The Hall–Kier alpha value is -2.00. The van der Waals surface area contributed by atoms with Crippen LogP contribution >= 0.6 is 11.6 Å². The number of nitrogens with one attached hydrogen (secondary N) is 2. The number of H-pyrrole nitrogens is 1. The van der Waals surface area contributed by atoms with Gasteiger partial charge in [0.1, 0.15) is 5.65 Å². The van der Waals surface area contributed by atoms with E-state index < -0.39 is 0 Å².